The van der Waals surface area contributed by atoms with Crippen molar-refractivity contribution in [3.8, 4) is 0 Å². The van der Waals surface area contributed by atoms with Gasteiger partial charge in [0.05, 0.1) is 6.10 Å². The van der Waals surface area contributed by atoms with Gasteiger partial charge in [0.2, 0.25) is 0 Å². The molecule has 0 aliphatic carbocycles. The van der Waals surface area contributed by atoms with Gasteiger partial charge in [-0.25, -0.2) is 4.79 Å². The summed E-state index contributed by atoms with van der Waals surface area (Å²) in [7, 11) is -2.08. The molecule has 0 radical (unpaired) electrons. The quantitative estimate of drug-likeness (QED) is 0.496. The summed E-state index contributed by atoms with van der Waals surface area (Å²) >= 11 is 0. The van der Waals surface area contributed by atoms with Crippen molar-refractivity contribution >= 4 is 20.3 Å². The maximum Gasteiger partial charge on any atom is 0.407 e. The van der Waals surface area contributed by atoms with E-state index < -0.39 is 14.4 Å². The molecule has 0 saturated carbocycles. The Morgan fingerprint density at radius 2 is 1.74 bits per heavy atom. The second kappa shape index (κ2) is 10.3. The van der Waals surface area contributed by atoms with Gasteiger partial charge in [-0.3, -0.25) is 4.79 Å². The minimum atomic E-state index is -2.08. The van der Waals surface area contributed by atoms with Gasteiger partial charge >= 0.3 is 6.09 Å². The van der Waals surface area contributed by atoms with Gasteiger partial charge in [0.15, 0.2) is 8.32 Å². The Hall–Kier alpha value is -2.12. The second-order valence-corrected chi connectivity index (χ2v) is 12.6. The van der Waals surface area contributed by atoms with Crippen molar-refractivity contribution in [1.82, 2.24) is 10.6 Å². The lowest BCUT2D eigenvalue weighted by atomic mass is 10.2. The molecule has 7 heteroatoms. The van der Waals surface area contributed by atoms with Gasteiger partial charge < -0.3 is 19.8 Å². The SMILES string of the molecule is C=CCOC(=O)NCC(CNC(=O)c1ccccc1)O[Si](C)(C)C(C)(C)C. The monoisotopic (exact) mass is 392 g/mol. The van der Waals surface area contributed by atoms with Gasteiger partial charge in [-0.05, 0) is 30.3 Å². The number of rotatable bonds is 9. The van der Waals surface area contributed by atoms with Crippen LogP contribution in [0.25, 0.3) is 0 Å². The number of carbonyl (C=O) groups excluding carboxylic acids is 2. The van der Waals surface area contributed by atoms with Crippen LogP contribution < -0.4 is 10.6 Å². The first-order valence-corrected chi connectivity index (χ1v) is 12.0. The number of amides is 2. The smallest absolute Gasteiger partial charge is 0.407 e. The van der Waals surface area contributed by atoms with Crippen LogP contribution in [0.1, 0.15) is 31.1 Å². The standard InChI is InChI=1S/C20H32N2O4Si/c1-7-13-25-19(24)22-15-17(26-27(5,6)20(2,3)4)14-21-18(23)16-11-9-8-10-12-16/h7-12,17H,1,13-15H2,2-6H3,(H,21,23)(H,22,24). The molecule has 0 heterocycles. The fourth-order valence-corrected chi connectivity index (χ4v) is 3.38. The van der Waals surface area contributed by atoms with Crippen LogP contribution in [-0.2, 0) is 9.16 Å². The molecule has 0 bridgehead atoms. The molecule has 1 aromatic carbocycles. The molecule has 0 fully saturated rings. The minimum absolute atomic E-state index is 0.0119. The Balaban J connectivity index is 2.73. The minimum Gasteiger partial charge on any atom is -0.445 e. The normalized spacial score (nSPS) is 12.8. The van der Waals surface area contributed by atoms with Crippen molar-refractivity contribution in [3.63, 3.8) is 0 Å². The van der Waals surface area contributed by atoms with Crippen LogP contribution in [0.4, 0.5) is 4.79 Å². The number of alkyl carbamates (subject to hydrolysis) is 1. The summed E-state index contributed by atoms with van der Waals surface area (Å²) in [5.41, 5.74) is 0.585. The number of hydrogen-bond acceptors (Lipinski definition) is 4. The molecule has 1 unspecified atom stereocenters. The summed E-state index contributed by atoms with van der Waals surface area (Å²) in [5, 5.41) is 5.59. The summed E-state index contributed by atoms with van der Waals surface area (Å²) in [6.45, 7) is 14.9. The van der Waals surface area contributed by atoms with Crippen molar-refractivity contribution in [2.45, 2.75) is 45.0 Å². The largest absolute Gasteiger partial charge is 0.445 e. The fraction of sp³-hybridized carbons (Fsp3) is 0.500. The highest BCUT2D eigenvalue weighted by Gasteiger charge is 2.39. The molecule has 0 saturated heterocycles. The zero-order valence-corrected chi connectivity index (χ0v) is 18.0. The van der Waals surface area contributed by atoms with Crippen LogP contribution in [-0.4, -0.2) is 46.1 Å². The van der Waals surface area contributed by atoms with Gasteiger partial charge in [0.1, 0.15) is 6.61 Å². The molecule has 0 aliphatic rings. The van der Waals surface area contributed by atoms with Crippen molar-refractivity contribution in [2.24, 2.45) is 0 Å². The van der Waals surface area contributed by atoms with Crippen LogP contribution in [0.3, 0.4) is 0 Å². The Bertz CT molecular complexity index is 627. The first-order chi connectivity index (χ1) is 12.6. The summed E-state index contributed by atoms with van der Waals surface area (Å²) in [5.74, 6) is -0.173. The van der Waals surface area contributed by atoms with E-state index in [1.807, 2.05) is 18.2 Å². The van der Waals surface area contributed by atoms with Gasteiger partial charge in [0, 0.05) is 18.7 Å². The molecule has 0 aliphatic heterocycles. The van der Waals surface area contributed by atoms with Gasteiger partial charge in [-0.1, -0.05) is 51.6 Å². The Kier molecular flexibility index (Phi) is 8.72. The molecule has 1 atom stereocenters. The third-order valence-corrected chi connectivity index (χ3v) is 9.14. The summed E-state index contributed by atoms with van der Waals surface area (Å²) in [6, 6.07) is 9.00. The first-order valence-electron chi connectivity index (χ1n) is 9.09. The molecule has 150 valence electrons. The van der Waals surface area contributed by atoms with Crippen LogP contribution >= 0.6 is 0 Å². The average molecular weight is 393 g/mol. The Morgan fingerprint density at radius 1 is 1.15 bits per heavy atom. The topological polar surface area (TPSA) is 76.7 Å². The van der Waals surface area contributed by atoms with Gasteiger partial charge in [-0.2, -0.15) is 0 Å². The highest BCUT2D eigenvalue weighted by atomic mass is 28.4. The molecule has 1 rings (SSSR count). The zero-order valence-electron chi connectivity index (χ0n) is 17.0. The molecule has 2 N–H and O–H groups in total. The van der Waals surface area contributed by atoms with E-state index >= 15 is 0 Å². The first kappa shape index (κ1) is 22.9. The highest BCUT2D eigenvalue weighted by Crippen LogP contribution is 2.37. The molecular formula is C20H32N2O4Si. The van der Waals surface area contributed by atoms with E-state index in [0.717, 1.165) is 0 Å². The lowest BCUT2D eigenvalue weighted by Gasteiger charge is -2.39. The van der Waals surface area contributed by atoms with E-state index in [0.29, 0.717) is 12.1 Å². The molecule has 0 spiro atoms. The van der Waals surface area contributed by atoms with Crippen molar-refractivity contribution in [3.05, 3.63) is 48.6 Å². The summed E-state index contributed by atoms with van der Waals surface area (Å²) in [6.07, 6.45) is 0.617. The molecule has 1 aromatic rings. The Morgan fingerprint density at radius 3 is 2.30 bits per heavy atom. The Labute approximate surface area is 163 Å². The van der Waals surface area contributed by atoms with E-state index in [1.165, 1.54) is 6.08 Å². The third kappa shape index (κ3) is 7.97. The van der Waals surface area contributed by atoms with Gasteiger partial charge in [0.25, 0.3) is 5.91 Å². The highest BCUT2D eigenvalue weighted by molar-refractivity contribution is 6.74. The number of hydrogen-bond donors (Lipinski definition) is 2. The summed E-state index contributed by atoms with van der Waals surface area (Å²) in [4.78, 5) is 24.0. The third-order valence-electron chi connectivity index (χ3n) is 4.60. The molecule has 27 heavy (non-hydrogen) atoms. The van der Waals surface area contributed by atoms with E-state index in [1.54, 1.807) is 12.1 Å². The molecule has 6 nitrogen and oxygen atoms in total. The second-order valence-electron chi connectivity index (χ2n) is 7.84. The lowest BCUT2D eigenvalue weighted by Crippen LogP contribution is -2.50. The predicted octanol–water partition coefficient (Wildman–Crippen LogP) is 3.72. The number of nitrogens with one attached hydrogen (secondary N) is 2. The predicted molar refractivity (Wildman–Crippen MR) is 110 cm³/mol. The van der Waals surface area contributed by atoms with Crippen molar-refractivity contribution < 1.29 is 18.8 Å². The maximum absolute atomic E-state index is 12.3. The molecule has 2 amide bonds. The van der Waals surface area contributed by atoms with Crippen LogP contribution in [0.2, 0.25) is 18.1 Å². The zero-order chi connectivity index (χ0) is 20.5. The van der Waals surface area contributed by atoms with E-state index in [2.05, 4.69) is 51.1 Å². The van der Waals surface area contributed by atoms with E-state index in [9.17, 15) is 9.59 Å². The number of benzene rings is 1. The number of carbonyl (C=O) groups is 2. The summed E-state index contributed by atoms with van der Waals surface area (Å²) < 4.78 is 11.3. The molecule has 0 aromatic heterocycles. The number of ether oxygens (including phenoxy) is 1. The lowest BCUT2D eigenvalue weighted by molar-refractivity contribution is 0.0919. The van der Waals surface area contributed by atoms with Crippen molar-refractivity contribution in [2.75, 3.05) is 19.7 Å². The van der Waals surface area contributed by atoms with Gasteiger partial charge in [-0.15, -0.1) is 0 Å². The maximum atomic E-state index is 12.3. The van der Waals surface area contributed by atoms with E-state index in [4.69, 9.17) is 9.16 Å². The van der Waals surface area contributed by atoms with Crippen LogP contribution in [0, 0.1) is 0 Å². The molecular weight excluding hydrogens is 360 g/mol. The van der Waals surface area contributed by atoms with Crippen LogP contribution in [0.15, 0.2) is 43.0 Å². The fourth-order valence-electron chi connectivity index (χ4n) is 2.03. The van der Waals surface area contributed by atoms with E-state index in [-0.39, 0.29) is 30.2 Å². The van der Waals surface area contributed by atoms with Crippen LogP contribution in [0.5, 0.6) is 0 Å². The average Bonchev–Trinajstić information content (AvgIpc) is 2.61. The van der Waals surface area contributed by atoms with Crippen molar-refractivity contribution in [1.29, 1.82) is 0 Å².